The Balaban J connectivity index is 2.02. The molecule has 0 atom stereocenters. The predicted molar refractivity (Wildman–Crippen MR) is 102 cm³/mol. The average molecular weight is 405 g/mol. The van der Waals surface area contributed by atoms with Gasteiger partial charge >= 0.3 is 0 Å². The number of nitrogens with one attached hydrogen (secondary N) is 1. The SMILES string of the molecule is COc1ccc(Br)cc1C(=O)Nc1ccc(CCC(=O)N(C)C)cc1. The van der Waals surface area contributed by atoms with Crippen molar-refractivity contribution in [1.82, 2.24) is 4.90 Å². The van der Waals surface area contributed by atoms with Gasteiger partial charge in [0, 0.05) is 30.7 Å². The summed E-state index contributed by atoms with van der Waals surface area (Å²) in [6.45, 7) is 0. The van der Waals surface area contributed by atoms with Crippen LogP contribution >= 0.6 is 15.9 Å². The number of amides is 2. The molecule has 25 heavy (non-hydrogen) atoms. The van der Waals surface area contributed by atoms with Crippen LogP contribution in [-0.4, -0.2) is 37.9 Å². The van der Waals surface area contributed by atoms with Gasteiger partial charge in [0.05, 0.1) is 12.7 Å². The van der Waals surface area contributed by atoms with Gasteiger partial charge in [0.25, 0.3) is 5.91 Å². The first kappa shape index (κ1) is 19.0. The quantitative estimate of drug-likeness (QED) is 0.797. The number of nitrogens with zero attached hydrogens (tertiary/aromatic N) is 1. The summed E-state index contributed by atoms with van der Waals surface area (Å²) in [7, 11) is 5.03. The summed E-state index contributed by atoms with van der Waals surface area (Å²) in [6, 6.07) is 12.8. The molecule has 5 nitrogen and oxygen atoms in total. The molecule has 1 N–H and O–H groups in total. The first-order valence-electron chi connectivity index (χ1n) is 7.84. The van der Waals surface area contributed by atoms with Crippen molar-refractivity contribution in [3.63, 3.8) is 0 Å². The zero-order chi connectivity index (χ0) is 18.4. The molecule has 0 aliphatic carbocycles. The Bertz CT molecular complexity index is 758. The standard InChI is InChI=1S/C19H21BrN2O3/c1-22(2)18(23)11-6-13-4-8-15(9-5-13)21-19(24)16-12-14(20)7-10-17(16)25-3/h4-5,7-10,12H,6,11H2,1-3H3,(H,21,24). The molecule has 0 saturated carbocycles. The summed E-state index contributed by atoms with van der Waals surface area (Å²) in [5, 5.41) is 2.86. The van der Waals surface area contributed by atoms with E-state index < -0.39 is 0 Å². The Labute approximate surface area is 156 Å². The summed E-state index contributed by atoms with van der Waals surface area (Å²) in [5.74, 6) is 0.368. The summed E-state index contributed by atoms with van der Waals surface area (Å²) >= 11 is 3.36. The highest BCUT2D eigenvalue weighted by molar-refractivity contribution is 9.10. The van der Waals surface area contributed by atoms with Crippen LogP contribution in [0.3, 0.4) is 0 Å². The fourth-order valence-electron chi connectivity index (χ4n) is 2.29. The lowest BCUT2D eigenvalue weighted by Gasteiger charge is -2.11. The number of anilines is 1. The molecule has 0 heterocycles. The minimum Gasteiger partial charge on any atom is -0.496 e. The van der Waals surface area contributed by atoms with Crippen LogP contribution in [0.2, 0.25) is 0 Å². The number of rotatable bonds is 6. The zero-order valence-electron chi connectivity index (χ0n) is 14.5. The molecule has 132 valence electrons. The lowest BCUT2D eigenvalue weighted by Crippen LogP contribution is -2.21. The first-order chi connectivity index (χ1) is 11.9. The maximum atomic E-state index is 12.5. The van der Waals surface area contributed by atoms with Crippen LogP contribution in [0.25, 0.3) is 0 Å². The van der Waals surface area contributed by atoms with Gasteiger partial charge < -0.3 is 15.0 Å². The Morgan fingerprint density at radius 1 is 1.12 bits per heavy atom. The predicted octanol–water partition coefficient (Wildman–Crippen LogP) is 3.73. The summed E-state index contributed by atoms with van der Waals surface area (Å²) in [5.41, 5.74) is 2.19. The van der Waals surface area contributed by atoms with Crippen molar-refractivity contribution in [2.24, 2.45) is 0 Å². The van der Waals surface area contributed by atoms with E-state index in [0.717, 1.165) is 10.0 Å². The largest absolute Gasteiger partial charge is 0.496 e. The maximum Gasteiger partial charge on any atom is 0.259 e. The Morgan fingerprint density at radius 3 is 2.40 bits per heavy atom. The van der Waals surface area contributed by atoms with E-state index in [2.05, 4.69) is 21.2 Å². The minimum absolute atomic E-state index is 0.0964. The number of methoxy groups -OCH3 is 1. The lowest BCUT2D eigenvalue weighted by molar-refractivity contribution is -0.128. The minimum atomic E-state index is -0.242. The fourth-order valence-corrected chi connectivity index (χ4v) is 2.65. The number of carbonyl (C=O) groups excluding carboxylic acids is 2. The molecule has 0 aliphatic rings. The monoisotopic (exact) mass is 404 g/mol. The number of halogens is 1. The van der Waals surface area contributed by atoms with Crippen molar-refractivity contribution in [1.29, 1.82) is 0 Å². The van der Waals surface area contributed by atoms with Crippen molar-refractivity contribution in [2.75, 3.05) is 26.5 Å². The van der Waals surface area contributed by atoms with E-state index in [1.807, 2.05) is 30.3 Å². The molecule has 6 heteroatoms. The van der Waals surface area contributed by atoms with Gasteiger partial charge in [-0.3, -0.25) is 9.59 Å². The Hall–Kier alpha value is -2.34. The molecule has 2 aromatic carbocycles. The Morgan fingerprint density at radius 2 is 1.80 bits per heavy atom. The van der Waals surface area contributed by atoms with Crippen LogP contribution in [0, 0.1) is 0 Å². The molecule has 2 amide bonds. The van der Waals surface area contributed by atoms with Crippen molar-refractivity contribution in [3.05, 3.63) is 58.1 Å². The van der Waals surface area contributed by atoms with Gasteiger partial charge in [0.2, 0.25) is 5.91 Å². The second kappa shape index (κ2) is 8.67. The zero-order valence-corrected chi connectivity index (χ0v) is 16.1. The van der Waals surface area contributed by atoms with Crippen LogP contribution in [0.4, 0.5) is 5.69 Å². The van der Waals surface area contributed by atoms with Gasteiger partial charge in [0.1, 0.15) is 5.75 Å². The Kier molecular flexibility index (Phi) is 6.58. The van der Waals surface area contributed by atoms with Gasteiger partial charge in [-0.2, -0.15) is 0 Å². The van der Waals surface area contributed by atoms with E-state index in [-0.39, 0.29) is 11.8 Å². The maximum absolute atomic E-state index is 12.5. The molecule has 0 aliphatic heterocycles. The van der Waals surface area contributed by atoms with Gasteiger partial charge in [0.15, 0.2) is 0 Å². The highest BCUT2D eigenvalue weighted by atomic mass is 79.9. The second-order valence-electron chi connectivity index (χ2n) is 5.78. The third kappa shape index (κ3) is 5.32. The molecular weight excluding hydrogens is 384 g/mol. The summed E-state index contributed by atoms with van der Waals surface area (Å²) < 4.78 is 6.04. The van der Waals surface area contributed by atoms with E-state index >= 15 is 0 Å². The van der Waals surface area contributed by atoms with Crippen molar-refractivity contribution < 1.29 is 14.3 Å². The van der Waals surface area contributed by atoms with E-state index in [1.54, 1.807) is 31.1 Å². The van der Waals surface area contributed by atoms with Crippen molar-refractivity contribution in [2.45, 2.75) is 12.8 Å². The lowest BCUT2D eigenvalue weighted by atomic mass is 10.1. The number of benzene rings is 2. The van der Waals surface area contributed by atoms with Crippen LogP contribution in [-0.2, 0) is 11.2 Å². The number of hydrogen-bond acceptors (Lipinski definition) is 3. The van der Waals surface area contributed by atoms with E-state index in [4.69, 9.17) is 4.74 Å². The molecule has 0 unspecified atom stereocenters. The number of hydrogen-bond donors (Lipinski definition) is 1. The van der Waals surface area contributed by atoms with Crippen LogP contribution < -0.4 is 10.1 Å². The van der Waals surface area contributed by atoms with E-state index in [1.165, 1.54) is 7.11 Å². The third-order valence-electron chi connectivity index (χ3n) is 3.74. The molecule has 0 spiro atoms. The molecular formula is C19H21BrN2O3. The smallest absolute Gasteiger partial charge is 0.259 e. The van der Waals surface area contributed by atoms with Crippen molar-refractivity contribution in [3.8, 4) is 5.75 Å². The van der Waals surface area contributed by atoms with Gasteiger partial charge in [-0.15, -0.1) is 0 Å². The van der Waals surface area contributed by atoms with Crippen LogP contribution in [0.15, 0.2) is 46.9 Å². The van der Waals surface area contributed by atoms with Crippen LogP contribution in [0.1, 0.15) is 22.3 Å². The molecule has 0 radical (unpaired) electrons. The highest BCUT2D eigenvalue weighted by Crippen LogP contribution is 2.24. The molecule has 0 saturated heterocycles. The molecule has 0 aromatic heterocycles. The summed E-state index contributed by atoms with van der Waals surface area (Å²) in [4.78, 5) is 25.7. The normalized spacial score (nSPS) is 10.2. The first-order valence-corrected chi connectivity index (χ1v) is 8.64. The highest BCUT2D eigenvalue weighted by Gasteiger charge is 2.13. The van der Waals surface area contributed by atoms with Crippen molar-refractivity contribution >= 4 is 33.4 Å². The van der Waals surface area contributed by atoms with Gasteiger partial charge in [-0.1, -0.05) is 28.1 Å². The van der Waals surface area contributed by atoms with E-state index in [0.29, 0.717) is 29.8 Å². The molecule has 2 aromatic rings. The molecule has 0 bridgehead atoms. The van der Waals surface area contributed by atoms with Gasteiger partial charge in [-0.25, -0.2) is 0 Å². The second-order valence-corrected chi connectivity index (χ2v) is 6.70. The fraction of sp³-hybridized carbons (Fsp3) is 0.263. The topological polar surface area (TPSA) is 58.6 Å². The number of carbonyl (C=O) groups is 2. The summed E-state index contributed by atoms with van der Waals surface area (Å²) in [6.07, 6.45) is 1.14. The van der Waals surface area contributed by atoms with Crippen LogP contribution in [0.5, 0.6) is 5.75 Å². The third-order valence-corrected chi connectivity index (χ3v) is 4.24. The number of aryl methyl sites for hydroxylation is 1. The molecule has 2 rings (SSSR count). The van der Waals surface area contributed by atoms with Gasteiger partial charge in [-0.05, 0) is 42.3 Å². The number of ether oxygens (including phenoxy) is 1. The average Bonchev–Trinajstić information content (AvgIpc) is 2.60. The molecule has 0 fully saturated rings. The van der Waals surface area contributed by atoms with E-state index in [9.17, 15) is 9.59 Å².